The van der Waals surface area contributed by atoms with Crippen LogP contribution >= 0.6 is 0 Å². The lowest BCUT2D eigenvalue weighted by atomic mass is 10.2. The number of nitrogens with two attached hydrogens (primary N) is 1. The van der Waals surface area contributed by atoms with Crippen LogP contribution in [-0.2, 0) is 4.79 Å². The van der Waals surface area contributed by atoms with E-state index in [-0.39, 0.29) is 12.2 Å². The minimum Gasteiger partial charge on any atom is -0.402 e. The summed E-state index contributed by atoms with van der Waals surface area (Å²) in [5.74, 6) is 0.0191. The highest BCUT2D eigenvalue weighted by molar-refractivity contribution is 5.79. The monoisotopic (exact) mass is 126 g/mol. The van der Waals surface area contributed by atoms with Gasteiger partial charge in [-0.1, -0.05) is 0 Å². The predicted molar refractivity (Wildman–Crippen MR) is 36.4 cm³/mol. The van der Waals surface area contributed by atoms with E-state index in [2.05, 4.69) is 0 Å². The number of ketones is 1. The van der Waals surface area contributed by atoms with E-state index in [0.29, 0.717) is 5.70 Å². The Kier molecular flexibility index (Phi) is 3.35. The van der Waals surface area contributed by atoms with Crippen molar-refractivity contribution in [2.24, 2.45) is 5.73 Å². The molecule has 0 radical (unpaired) electrons. The number of nitrogens with one attached hydrogen (secondary N) is 1. The molecule has 0 atom stereocenters. The van der Waals surface area contributed by atoms with Gasteiger partial charge in [-0.05, 0) is 13.0 Å². The van der Waals surface area contributed by atoms with Crippen molar-refractivity contribution in [2.45, 2.75) is 13.3 Å². The van der Waals surface area contributed by atoms with Crippen LogP contribution in [0.1, 0.15) is 13.3 Å². The molecule has 0 aliphatic carbocycles. The summed E-state index contributed by atoms with van der Waals surface area (Å²) in [5, 5.41) is 6.58. The molecule has 3 N–H and O–H groups in total. The largest absolute Gasteiger partial charge is 0.402 e. The molecule has 0 amide bonds. The van der Waals surface area contributed by atoms with E-state index in [1.54, 1.807) is 0 Å². The molecular formula is C6H10N2O. The van der Waals surface area contributed by atoms with Gasteiger partial charge >= 0.3 is 0 Å². The summed E-state index contributed by atoms with van der Waals surface area (Å²) in [4.78, 5) is 10.3. The zero-order chi connectivity index (χ0) is 7.28. The van der Waals surface area contributed by atoms with Gasteiger partial charge in [0.2, 0.25) is 0 Å². The normalized spacial score (nSPS) is 11.0. The molecule has 0 rings (SSSR count). The predicted octanol–water partition coefficient (Wildman–Crippen LogP) is 0.458. The Balaban J connectivity index is 3.75. The second-order valence-electron chi connectivity index (χ2n) is 1.79. The molecule has 0 aromatic carbocycles. The molecule has 0 spiro atoms. The van der Waals surface area contributed by atoms with Crippen molar-refractivity contribution >= 4 is 12.0 Å². The minimum atomic E-state index is 0.0191. The van der Waals surface area contributed by atoms with Crippen molar-refractivity contribution in [1.82, 2.24) is 0 Å². The summed E-state index contributed by atoms with van der Waals surface area (Å²) in [6.07, 6.45) is 2.72. The van der Waals surface area contributed by atoms with Crippen molar-refractivity contribution in [1.29, 1.82) is 5.41 Å². The second-order valence-corrected chi connectivity index (χ2v) is 1.79. The molecule has 0 fully saturated rings. The van der Waals surface area contributed by atoms with Gasteiger partial charge in [-0.2, -0.15) is 0 Å². The minimum absolute atomic E-state index is 0.0191. The van der Waals surface area contributed by atoms with Crippen LogP contribution in [0.4, 0.5) is 0 Å². The summed E-state index contributed by atoms with van der Waals surface area (Å²) < 4.78 is 0. The topological polar surface area (TPSA) is 66.9 Å². The molecule has 0 bridgehead atoms. The average molecular weight is 126 g/mol. The zero-order valence-corrected chi connectivity index (χ0v) is 5.35. The number of carbonyl (C=O) groups is 1. The molecule has 50 valence electrons. The SMILES string of the molecule is CC(=O)CC(N)=CC=N. The van der Waals surface area contributed by atoms with Crippen LogP contribution in [0, 0.1) is 5.41 Å². The van der Waals surface area contributed by atoms with Crippen molar-refractivity contribution in [3.63, 3.8) is 0 Å². The fourth-order valence-electron chi connectivity index (χ4n) is 0.453. The number of allylic oxidation sites excluding steroid dienone is 2. The molecule has 0 aromatic heterocycles. The van der Waals surface area contributed by atoms with Crippen LogP contribution in [0.25, 0.3) is 0 Å². The number of hydrogen-bond donors (Lipinski definition) is 2. The first-order valence-electron chi connectivity index (χ1n) is 2.61. The van der Waals surface area contributed by atoms with Gasteiger partial charge in [-0.3, -0.25) is 4.79 Å². The molecule has 0 aliphatic heterocycles. The van der Waals surface area contributed by atoms with Crippen LogP contribution in [0.5, 0.6) is 0 Å². The first-order valence-corrected chi connectivity index (χ1v) is 2.61. The zero-order valence-electron chi connectivity index (χ0n) is 5.35. The van der Waals surface area contributed by atoms with Gasteiger partial charge in [0, 0.05) is 18.3 Å². The van der Waals surface area contributed by atoms with Gasteiger partial charge in [-0.25, -0.2) is 0 Å². The fourth-order valence-corrected chi connectivity index (χ4v) is 0.453. The highest BCUT2D eigenvalue weighted by Crippen LogP contribution is 1.90. The van der Waals surface area contributed by atoms with Crippen molar-refractivity contribution < 1.29 is 4.79 Å². The Labute approximate surface area is 54.1 Å². The molecular weight excluding hydrogens is 116 g/mol. The molecule has 0 saturated heterocycles. The first-order chi connectivity index (χ1) is 4.16. The lowest BCUT2D eigenvalue weighted by Crippen LogP contribution is -2.02. The first kappa shape index (κ1) is 7.88. The Morgan fingerprint density at radius 3 is 2.67 bits per heavy atom. The lowest BCUT2D eigenvalue weighted by Gasteiger charge is -1.91. The maximum absolute atomic E-state index is 10.3. The van der Waals surface area contributed by atoms with Gasteiger partial charge in [0.05, 0.1) is 0 Å². The fraction of sp³-hybridized carbons (Fsp3) is 0.333. The maximum Gasteiger partial charge on any atom is 0.135 e. The molecule has 0 aromatic rings. The van der Waals surface area contributed by atoms with E-state index in [0.717, 1.165) is 6.21 Å². The molecule has 0 aliphatic rings. The van der Waals surface area contributed by atoms with Crippen LogP contribution in [0.2, 0.25) is 0 Å². The Morgan fingerprint density at radius 2 is 2.33 bits per heavy atom. The van der Waals surface area contributed by atoms with Gasteiger partial charge in [0.1, 0.15) is 5.78 Å². The molecule has 3 nitrogen and oxygen atoms in total. The van der Waals surface area contributed by atoms with E-state index in [4.69, 9.17) is 11.1 Å². The van der Waals surface area contributed by atoms with Gasteiger partial charge < -0.3 is 11.1 Å². The van der Waals surface area contributed by atoms with Crippen LogP contribution < -0.4 is 5.73 Å². The molecule has 0 heterocycles. The summed E-state index contributed by atoms with van der Waals surface area (Å²) in [6.45, 7) is 1.46. The highest BCUT2D eigenvalue weighted by Gasteiger charge is 1.92. The number of hydrogen-bond acceptors (Lipinski definition) is 3. The van der Waals surface area contributed by atoms with E-state index < -0.39 is 0 Å². The van der Waals surface area contributed by atoms with E-state index >= 15 is 0 Å². The molecule has 9 heavy (non-hydrogen) atoms. The van der Waals surface area contributed by atoms with Crippen LogP contribution in [-0.4, -0.2) is 12.0 Å². The Bertz CT molecular complexity index is 149. The van der Waals surface area contributed by atoms with Crippen LogP contribution in [0.15, 0.2) is 11.8 Å². The Morgan fingerprint density at radius 1 is 1.78 bits per heavy atom. The van der Waals surface area contributed by atoms with Crippen molar-refractivity contribution in [3.8, 4) is 0 Å². The van der Waals surface area contributed by atoms with Crippen molar-refractivity contribution in [3.05, 3.63) is 11.8 Å². The summed E-state index contributed by atoms with van der Waals surface area (Å²) >= 11 is 0. The third-order valence-electron chi connectivity index (χ3n) is 0.750. The van der Waals surface area contributed by atoms with Gasteiger partial charge in [0.15, 0.2) is 0 Å². The second kappa shape index (κ2) is 3.83. The molecule has 0 saturated carbocycles. The third-order valence-corrected chi connectivity index (χ3v) is 0.750. The number of Topliss-reactive ketones (excluding diaryl/α,β-unsaturated/α-hetero) is 1. The molecule has 0 unspecified atom stereocenters. The summed E-state index contributed by atoms with van der Waals surface area (Å²) in [6, 6.07) is 0. The van der Waals surface area contributed by atoms with Crippen LogP contribution in [0.3, 0.4) is 0 Å². The van der Waals surface area contributed by atoms with Gasteiger partial charge in [-0.15, -0.1) is 0 Å². The quantitative estimate of drug-likeness (QED) is 0.539. The smallest absolute Gasteiger partial charge is 0.135 e. The average Bonchev–Trinajstić information content (AvgIpc) is 1.63. The van der Waals surface area contributed by atoms with E-state index in [1.807, 2.05) is 0 Å². The lowest BCUT2D eigenvalue weighted by molar-refractivity contribution is -0.116. The standard InChI is InChI=1S/C6H10N2O/c1-5(9)4-6(8)2-3-7/h2-3,7H,4,8H2,1H3. The van der Waals surface area contributed by atoms with Crippen molar-refractivity contribution in [2.75, 3.05) is 0 Å². The maximum atomic E-state index is 10.3. The summed E-state index contributed by atoms with van der Waals surface area (Å²) in [7, 11) is 0. The Hall–Kier alpha value is -1.12. The number of carbonyl (C=O) groups excluding carboxylic acids is 1. The van der Waals surface area contributed by atoms with E-state index in [9.17, 15) is 4.79 Å². The summed E-state index contributed by atoms with van der Waals surface area (Å²) in [5.41, 5.74) is 5.72. The third kappa shape index (κ3) is 4.74. The molecule has 3 heteroatoms. The van der Waals surface area contributed by atoms with E-state index in [1.165, 1.54) is 13.0 Å². The highest BCUT2D eigenvalue weighted by atomic mass is 16.1. The van der Waals surface area contributed by atoms with Gasteiger partial charge in [0.25, 0.3) is 0 Å². The number of rotatable bonds is 3.